The van der Waals surface area contributed by atoms with Crippen LogP contribution in [0.3, 0.4) is 0 Å². The van der Waals surface area contributed by atoms with Gasteiger partial charge in [0, 0.05) is 31.1 Å². The number of ether oxygens (including phenoxy) is 1. The Kier molecular flexibility index (Phi) is 4.73. The topological polar surface area (TPSA) is 63.2 Å². The van der Waals surface area contributed by atoms with Crippen molar-refractivity contribution in [3.8, 4) is 0 Å². The molecule has 0 spiro atoms. The van der Waals surface area contributed by atoms with Crippen molar-refractivity contribution in [1.29, 1.82) is 0 Å². The highest BCUT2D eigenvalue weighted by Crippen LogP contribution is 2.44. The van der Waals surface area contributed by atoms with Crippen LogP contribution in [0.25, 0.3) is 10.3 Å². The molecule has 140 valence electrons. The van der Waals surface area contributed by atoms with E-state index in [2.05, 4.69) is 20.2 Å². The highest BCUT2D eigenvalue weighted by Gasteiger charge is 2.30. The van der Waals surface area contributed by atoms with Gasteiger partial charge in [0.05, 0.1) is 18.2 Å². The first kappa shape index (κ1) is 17.1. The lowest BCUT2D eigenvalue weighted by molar-refractivity contribution is 0.00791. The fourth-order valence-electron chi connectivity index (χ4n) is 4.14. The number of thiazole rings is 1. The molecule has 2 aromatic heterocycles. The molecule has 3 aliphatic rings. The third-order valence-electron chi connectivity index (χ3n) is 5.77. The summed E-state index contributed by atoms with van der Waals surface area (Å²) in [4.78, 5) is 17.2. The summed E-state index contributed by atoms with van der Waals surface area (Å²) in [6.07, 6.45) is 7.26. The average molecular weight is 394 g/mol. The van der Waals surface area contributed by atoms with Crippen molar-refractivity contribution >= 4 is 39.1 Å². The van der Waals surface area contributed by atoms with Gasteiger partial charge in [0.25, 0.3) is 0 Å². The maximum Gasteiger partial charge on any atom is 0.225 e. The van der Waals surface area contributed by atoms with E-state index in [-0.39, 0.29) is 0 Å². The van der Waals surface area contributed by atoms with Crippen LogP contribution in [0.2, 0.25) is 5.28 Å². The molecule has 2 aliphatic carbocycles. The molecule has 5 rings (SSSR count). The predicted octanol–water partition coefficient (Wildman–Crippen LogP) is 3.67. The summed E-state index contributed by atoms with van der Waals surface area (Å²) in [6, 6.07) is 1.14. The van der Waals surface area contributed by atoms with Crippen LogP contribution in [0.5, 0.6) is 0 Å². The molecule has 8 heteroatoms. The molecular formula is C18H24ClN5OS. The van der Waals surface area contributed by atoms with Gasteiger partial charge in [-0.1, -0.05) is 11.3 Å². The fraction of sp³-hybridized carbons (Fsp3) is 0.722. The van der Waals surface area contributed by atoms with Crippen LogP contribution >= 0.6 is 22.9 Å². The molecule has 3 fully saturated rings. The zero-order valence-corrected chi connectivity index (χ0v) is 16.4. The van der Waals surface area contributed by atoms with Crippen molar-refractivity contribution in [2.24, 2.45) is 0 Å². The number of hydrogen-bond donors (Lipinski definition) is 1. The molecule has 6 nitrogen and oxygen atoms in total. The first-order valence-corrected chi connectivity index (χ1v) is 10.9. The number of aromatic nitrogens is 3. The van der Waals surface area contributed by atoms with Gasteiger partial charge in [-0.15, -0.1) is 0 Å². The lowest BCUT2D eigenvalue weighted by Crippen LogP contribution is -2.46. The van der Waals surface area contributed by atoms with E-state index in [1.54, 1.807) is 11.3 Å². The molecule has 0 atom stereocenters. The maximum atomic E-state index is 6.17. The summed E-state index contributed by atoms with van der Waals surface area (Å²) in [6.45, 7) is 3.91. The summed E-state index contributed by atoms with van der Waals surface area (Å²) < 4.78 is 5.48. The van der Waals surface area contributed by atoms with Gasteiger partial charge in [0.2, 0.25) is 5.28 Å². The van der Waals surface area contributed by atoms with Gasteiger partial charge >= 0.3 is 0 Å². The van der Waals surface area contributed by atoms with Crippen LogP contribution in [0.15, 0.2) is 0 Å². The SMILES string of the molecule is Clc1nc(NC2CCC(N3CCOCC3)CC2)c2nc(C3CC3)sc2n1. The number of anilines is 1. The van der Waals surface area contributed by atoms with Crippen molar-refractivity contribution in [2.75, 3.05) is 31.6 Å². The van der Waals surface area contributed by atoms with Crippen LogP contribution in [0.1, 0.15) is 49.5 Å². The molecule has 1 aliphatic heterocycles. The third kappa shape index (κ3) is 3.54. The minimum absolute atomic E-state index is 0.313. The number of morpholine rings is 1. The van der Waals surface area contributed by atoms with Crippen molar-refractivity contribution in [1.82, 2.24) is 19.9 Å². The molecule has 2 aromatic rings. The number of halogens is 1. The second-order valence-corrected chi connectivity index (χ2v) is 8.97. The Labute approximate surface area is 162 Å². The summed E-state index contributed by atoms with van der Waals surface area (Å²) in [5, 5.41) is 5.13. The minimum atomic E-state index is 0.313. The van der Waals surface area contributed by atoms with E-state index in [0.29, 0.717) is 23.3 Å². The van der Waals surface area contributed by atoms with E-state index >= 15 is 0 Å². The lowest BCUT2D eigenvalue weighted by atomic mass is 9.90. The Morgan fingerprint density at radius 2 is 1.77 bits per heavy atom. The predicted molar refractivity (Wildman–Crippen MR) is 104 cm³/mol. The average Bonchev–Trinajstić information content (AvgIpc) is 3.43. The second-order valence-electron chi connectivity index (χ2n) is 7.62. The smallest absolute Gasteiger partial charge is 0.225 e. The molecule has 1 saturated heterocycles. The number of hydrogen-bond acceptors (Lipinski definition) is 7. The third-order valence-corrected chi connectivity index (χ3v) is 7.05. The van der Waals surface area contributed by atoms with Crippen molar-refractivity contribution < 1.29 is 4.74 Å². The Balaban J connectivity index is 1.27. The van der Waals surface area contributed by atoms with Crippen LogP contribution < -0.4 is 5.32 Å². The Morgan fingerprint density at radius 1 is 1.00 bits per heavy atom. The molecule has 26 heavy (non-hydrogen) atoms. The van der Waals surface area contributed by atoms with Gasteiger partial charge in [-0.3, -0.25) is 4.90 Å². The summed E-state index contributed by atoms with van der Waals surface area (Å²) in [7, 11) is 0. The number of nitrogens with zero attached hydrogens (tertiary/aromatic N) is 4. The van der Waals surface area contributed by atoms with Crippen molar-refractivity contribution in [3.05, 3.63) is 10.3 Å². The van der Waals surface area contributed by atoms with Gasteiger partial charge in [0.15, 0.2) is 10.6 Å². The van der Waals surface area contributed by atoms with Gasteiger partial charge in [-0.2, -0.15) is 4.98 Å². The van der Waals surface area contributed by atoms with Gasteiger partial charge in [0.1, 0.15) is 5.52 Å². The minimum Gasteiger partial charge on any atom is -0.379 e. The molecule has 0 bridgehead atoms. The van der Waals surface area contributed by atoms with Crippen LogP contribution in [0.4, 0.5) is 5.82 Å². The van der Waals surface area contributed by atoms with Crippen LogP contribution in [-0.4, -0.2) is 58.2 Å². The first-order valence-electron chi connectivity index (χ1n) is 9.68. The zero-order chi connectivity index (χ0) is 17.5. The van der Waals surface area contributed by atoms with E-state index in [4.69, 9.17) is 21.3 Å². The summed E-state index contributed by atoms with van der Waals surface area (Å²) in [5.74, 6) is 1.45. The van der Waals surface area contributed by atoms with E-state index < -0.39 is 0 Å². The Morgan fingerprint density at radius 3 is 2.50 bits per heavy atom. The molecule has 0 aromatic carbocycles. The van der Waals surface area contributed by atoms with E-state index in [9.17, 15) is 0 Å². The van der Waals surface area contributed by atoms with E-state index in [1.165, 1.54) is 30.7 Å². The summed E-state index contributed by atoms with van der Waals surface area (Å²) in [5.41, 5.74) is 0.900. The number of fused-ring (bicyclic) bond motifs is 1. The molecule has 0 amide bonds. The Hall–Kier alpha value is -1.02. The molecule has 0 unspecified atom stereocenters. The monoisotopic (exact) mass is 393 g/mol. The highest BCUT2D eigenvalue weighted by molar-refractivity contribution is 7.18. The first-order chi connectivity index (χ1) is 12.8. The van der Waals surface area contributed by atoms with E-state index in [1.807, 2.05) is 0 Å². The molecule has 2 saturated carbocycles. The largest absolute Gasteiger partial charge is 0.379 e. The Bertz CT molecular complexity index is 781. The lowest BCUT2D eigenvalue weighted by Gasteiger charge is -2.39. The molecule has 0 radical (unpaired) electrons. The normalized spacial score (nSPS) is 27.7. The standard InChI is InChI=1S/C18H24ClN5OS/c19-18-22-15(14-17(23-18)26-16(21-14)11-1-2-11)20-12-3-5-13(6-4-12)24-7-9-25-10-8-24/h11-13H,1-10H2,(H,20,22,23). The zero-order valence-electron chi connectivity index (χ0n) is 14.8. The maximum absolute atomic E-state index is 6.17. The van der Waals surface area contributed by atoms with Gasteiger partial charge < -0.3 is 10.1 Å². The van der Waals surface area contributed by atoms with E-state index in [0.717, 1.165) is 55.3 Å². The fourth-order valence-corrected chi connectivity index (χ4v) is 5.47. The van der Waals surface area contributed by atoms with Gasteiger partial charge in [-0.05, 0) is 50.1 Å². The number of rotatable bonds is 4. The van der Waals surface area contributed by atoms with Gasteiger partial charge in [-0.25, -0.2) is 9.97 Å². The van der Waals surface area contributed by atoms with Crippen LogP contribution in [0, 0.1) is 0 Å². The molecular weight excluding hydrogens is 370 g/mol. The summed E-state index contributed by atoms with van der Waals surface area (Å²) >= 11 is 7.84. The van der Waals surface area contributed by atoms with Crippen LogP contribution in [-0.2, 0) is 4.74 Å². The van der Waals surface area contributed by atoms with Crippen molar-refractivity contribution in [2.45, 2.75) is 56.5 Å². The highest BCUT2D eigenvalue weighted by atomic mass is 35.5. The second kappa shape index (κ2) is 7.19. The van der Waals surface area contributed by atoms with Crippen molar-refractivity contribution in [3.63, 3.8) is 0 Å². The number of nitrogens with one attached hydrogen (secondary N) is 1. The quantitative estimate of drug-likeness (QED) is 0.799. The molecule has 1 N–H and O–H groups in total. The molecule has 3 heterocycles.